The molecule has 1 aliphatic carbocycles. The lowest BCUT2D eigenvalue weighted by Crippen LogP contribution is -2.46. The van der Waals surface area contributed by atoms with Gasteiger partial charge in [0.2, 0.25) is 0 Å². The summed E-state index contributed by atoms with van der Waals surface area (Å²) in [5, 5.41) is 10.9. The number of aromatic nitrogens is 3. The highest BCUT2D eigenvalue weighted by Crippen LogP contribution is 2.42. The van der Waals surface area contributed by atoms with Crippen molar-refractivity contribution in [3.8, 4) is 6.07 Å². The molecule has 0 bridgehead atoms. The third kappa shape index (κ3) is 3.75. The molecule has 8 heteroatoms. The molecule has 2 atom stereocenters. The molecule has 2 heterocycles. The fourth-order valence-electron chi connectivity index (χ4n) is 3.49. The van der Waals surface area contributed by atoms with Gasteiger partial charge in [-0.2, -0.15) is 5.26 Å². The van der Waals surface area contributed by atoms with E-state index in [0.717, 1.165) is 19.3 Å². The molecule has 6 nitrogen and oxygen atoms in total. The number of fused-ring (bicyclic) bond motifs is 1. The molecular weight excluding hydrogens is 388 g/mol. The van der Waals surface area contributed by atoms with Gasteiger partial charge in [-0.05, 0) is 39.9 Å². The van der Waals surface area contributed by atoms with Crippen molar-refractivity contribution in [1.29, 1.82) is 5.26 Å². The Morgan fingerprint density at radius 3 is 2.68 bits per heavy atom. The van der Waals surface area contributed by atoms with E-state index in [-0.39, 0.29) is 28.3 Å². The average Bonchev–Trinajstić information content (AvgIpc) is 3.06. The quantitative estimate of drug-likeness (QED) is 0.415. The van der Waals surface area contributed by atoms with E-state index >= 15 is 0 Å². The van der Waals surface area contributed by atoms with Crippen LogP contribution in [0.15, 0.2) is 22.2 Å². The minimum Gasteiger partial charge on any atom is -0.561 e. The van der Waals surface area contributed by atoms with Crippen molar-refractivity contribution < 1.29 is 4.43 Å². The van der Waals surface area contributed by atoms with E-state index in [4.69, 9.17) is 4.43 Å². The topological polar surface area (TPSA) is 80.8 Å². The number of rotatable bonds is 4. The highest BCUT2D eigenvalue weighted by Gasteiger charge is 2.35. The van der Waals surface area contributed by atoms with Crippen LogP contribution in [0.3, 0.4) is 0 Å². The van der Waals surface area contributed by atoms with Gasteiger partial charge in [-0.3, -0.25) is 9.36 Å². The van der Waals surface area contributed by atoms with E-state index in [1.807, 2.05) is 12.3 Å². The number of nitrogens with zero attached hydrogens (tertiary/aromatic N) is 4. The van der Waals surface area contributed by atoms with Gasteiger partial charge in [0.1, 0.15) is 17.3 Å². The predicted molar refractivity (Wildman–Crippen MR) is 115 cm³/mol. The van der Waals surface area contributed by atoms with Crippen LogP contribution in [-0.4, -0.2) is 35.2 Å². The molecule has 151 valence electrons. The molecule has 1 fully saturated rings. The lowest BCUT2D eigenvalue weighted by molar-refractivity contribution is 0.144. The van der Waals surface area contributed by atoms with E-state index in [1.165, 1.54) is 11.8 Å². The Balaban J connectivity index is 2.14. The number of hydrogen-bond donors (Lipinski definition) is 0. The molecule has 1 saturated carbocycles. The highest BCUT2D eigenvalue weighted by molar-refractivity contribution is 7.98. The molecule has 0 aromatic carbocycles. The zero-order chi connectivity index (χ0) is 20.7. The monoisotopic (exact) mass is 416 g/mol. The SMILES string of the molecule is CSc1ncc2cc(C#N)c(=O)n(C3CCCC3O[Si-](C)(C)C(C)(C)C)c2n1. The summed E-state index contributed by atoms with van der Waals surface area (Å²) in [6, 6.07) is 3.53. The summed E-state index contributed by atoms with van der Waals surface area (Å²) in [4.78, 5) is 22.1. The third-order valence-electron chi connectivity index (χ3n) is 6.06. The van der Waals surface area contributed by atoms with Crippen molar-refractivity contribution in [3.05, 3.63) is 28.2 Å². The molecule has 1 aliphatic rings. The first-order chi connectivity index (χ1) is 13.1. The summed E-state index contributed by atoms with van der Waals surface area (Å²) < 4.78 is 8.42. The second-order valence-electron chi connectivity index (χ2n) is 8.90. The Bertz CT molecular complexity index is 991. The molecule has 0 spiro atoms. The maximum atomic E-state index is 13.1. The normalized spacial score (nSPS) is 20.5. The average molecular weight is 417 g/mol. The summed E-state index contributed by atoms with van der Waals surface area (Å²) >= 11 is 1.44. The fraction of sp³-hybridized carbons (Fsp3) is 0.600. The molecule has 0 amide bonds. The van der Waals surface area contributed by atoms with Gasteiger partial charge in [0, 0.05) is 17.7 Å². The van der Waals surface area contributed by atoms with Gasteiger partial charge >= 0.3 is 0 Å². The second-order valence-corrected chi connectivity index (χ2v) is 14.4. The molecule has 0 aliphatic heterocycles. The number of thioether (sulfide) groups is 1. The maximum absolute atomic E-state index is 13.1. The maximum Gasteiger partial charge on any atom is 0.270 e. The van der Waals surface area contributed by atoms with Crippen LogP contribution in [-0.2, 0) is 4.43 Å². The smallest absolute Gasteiger partial charge is 0.270 e. The summed E-state index contributed by atoms with van der Waals surface area (Å²) in [6.45, 7) is 11.1. The van der Waals surface area contributed by atoms with E-state index in [1.54, 1.807) is 16.8 Å². The van der Waals surface area contributed by atoms with Gasteiger partial charge in [-0.15, -0.1) is 18.1 Å². The molecule has 0 N–H and O–H groups in total. The number of nitriles is 1. The van der Waals surface area contributed by atoms with E-state index < -0.39 is 8.32 Å². The van der Waals surface area contributed by atoms with Crippen LogP contribution in [0.5, 0.6) is 0 Å². The first kappa shape index (κ1) is 21.0. The summed E-state index contributed by atoms with van der Waals surface area (Å²) in [5.74, 6) is 0. The molecule has 0 radical (unpaired) electrons. The molecule has 28 heavy (non-hydrogen) atoms. The lowest BCUT2D eigenvalue weighted by atomic mass is 10.1. The van der Waals surface area contributed by atoms with Gasteiger partial charge in [-0.1, -0.05) is 32.5 Å². The van der Waals surface area contributed by atoms with Crippen molar-refractivity contribution in [1.82, 2.24) is 14.5 Å². The summed E-state index contributed by atoms with van der Waals surface area (Å²) in [5.41, 5.74) is 0.446. The Hall–Kier alpha value is -1.69. The van der Waals surface area contributed by atoms with E-state index in [2.05, 4.69) is 43.8 Å². The van der Waals surface area contributed by atoms with Crippen molar-refractivity contribution in [2.75, 3.05) is 6.26 Å². The molecule has 3 rings (SSSR count). The molecule has 2 aromatic heterocycles. The molecular formula is C20H28N4O2SSi-. The fourth-order valence-corrected chi connectivity index (χ4v) is 5.21. The van der Waals surface area contributed by atoms with Gasteiger partial charge in [0.05, 0.1) is 6.04 Å². The van der Waals surface area contributed by atoms with E-state index in [0.29, 0.717) is 16.2 Å². The minimum atomic E-state index is -1.99. The predicted octanol–water partition coefficient (Wildman–Crippen LogP) is 4.50. The van der Waals surface area contributed by atoms with E-state index in [9.17, 15) is 10.1 Å². The largest absolute Gasteiger partial charge is 0.561 e. The van der Waals surface area contributed by atoms with Crippen molar-refractivity contribution >= 4 is 31.1 Å². The molecule has 2 aromatic rings. The van der Waals surface area contributed by atoms with Crippen LogP contribution in [0.4, 0.5) is 0 Å². The van der Waals surface area contributed by atoms with Crippen LogP contribution in [0.2, 0.25) is 18.1 Å². The molecule has 2 unspecified atom stereocenters. The van der Waals surface area contributed by atoms with Crippen LogP contribution in [0, 0.1) is 11.3 Å². The van der Waals surface area contributed by atoms with Gasteiger partial charge in [0.15, 0.2) is 5.16 Å². The van der Waals surface area contributed by atoms with Gasteiger partial charge in [0.25, 0.3) is 5.56 Å². The Kier molecular flexibility index (Phi) is 5.72. The van der Waals surface area contributed by atoms with Crippen molar-refractivity contribution in [2.45, 2.75) is 75.5 Å². The standard InChI is InChI=1S/C20H28N4O2SSi/c1-20(2,3)28(5,6)26-16-9-7-8-15(16)24-17-14(10-13(11-21)18(24)25)12-22-19(23-17)27-4/h10,12,15-16H,7-9H2,1-6H3/q-1. The van der Waals surface area contributed by atoms with Crippen LogP contribution < -0.4 is 5.56 Å². The summed E-state index contributed by atoms with van der Waals surface area (Å²) in [6.07, 6.45) is 6.33. The van der Waals surface area contributed by atoms with Crippen LogP contribution >= 0.6 is 11.8 Å². The van der Waals surface area contributed by atoms with Crippen LogP contribution in [0.25, 0.3) is 11.0 Å². The third-order valence-corrected chi connectivity index (χ3v) is 11.1. The van der Waals surface area contributed by atoms with Crippen molar-refractivity contribution in [3.63, 3.8) is 0 Å². The minimum absolute atomic E-state index is 0.0385. The van der Waals surface area contributed by atoms with Gasteiger partial charge < -0.3 is 4.43 Å². The Morgan fingerprint density at radius 1 is 1.36 bits per heavy atom. The first-order valence-electron chi connectivity index (χ1n) is 9.63. The highest BCUT2D eigenvalue weighted by atomic mass is 32.2. The van der Waals surface area contributed by atoms with Crippen LogP contribution in [0.1, 0.15) is 51.6 Å². The Labute approximate surface area is 171 Å². The van der Waals surface area contributed by atoms with Crippen molar-refractivity contribution in [2.24, 2.45) is 0 Å². The number of pyridine rings is 1. The first-order valence-corrected chi connectivity index (χ1v) is 13.8. The van der Waals surface area contributed by atoms with Gasteiger partial charge in [-0.25, -0.2) is 9.97 Å². The lowest BCUT2D eigenvalue weighted by Gasteiger charge is -2.51. The zero-order valence-corrected chi connectivity index (χ0v) is 19.3. The second kappa shape index (κ2) is 7.62. The zero-order valence-electron chi connectivity index (χ0n) is 17.4. The Morgan fingerprint density at radius 2 is 2.07 bits per heavy atom. The molecule has 0 saturated heterocycles. The summed E-state index contributed by atoms with van der Waals surface area (Å²) in [7, 11) is -1.99. The number of hydrogen-bond acceptors (Lipinski definition) is 6.